The van der Waals surface area contributed by atoms with Crippen LogP contribution < -0.4 is 10.1 Å². The number of aromatic nitrogens is 2. The summed E-state index contributed by atoms with van der Waals surface area (Å²) in [6.07, 6.45) is 1.81. The van der Waals surface area contributed by atoms with Crippen molar-refractivity contribution in [3.63, 3.8) is 0 Å². The summed E-state index contributed by atoms with van der Waals surface area (Å²) in [5, 5.41) is 4.27. The van der Waals surface area contributed by atoms with E-state index in [9.17, 15) is 4.79 Å². The lowest BCUT2D eigenvalue weighted by Gasteiger charge is -2.13. The third-order valence-electron chi connectivity index (χ3n) is 3.96. The van der Waals surface area contributed by atoms with Crippen LogP contribution in [0.4, 0.5) is 0 Å². The molecule has 2 aromatic carbocycles. The summed E-state index contributed by atoms with van der Waals surface area (Å²) in [5.74, 6) is 1.06. The number of hydrogen-bond acceptors (Lipinski definition) is 4. The van der Waals surface area contributed by atoms with Gasteiger partial charge in [0.25, 0.3) is 0 Å². The van der Waals surface area contributed by atoms with E-state index < -0.39 is 0 Å². The van der Waals surface area contributed by atoms with E-state index in [0.717, 1.165) is 27.9 Å². The smallest absolute Gasteiger partial charge is 0.230 e. The Hall–Kier alpha value is -2.44. The monoisotopic (exact) mass is 415 g/mol. The summed E-state index contributed by atoms with van der Waals surface area (Å²) < 4.78 is 7.26. The second kappa shape index (κ2) is 9.17. The van der Waals surface area contributed by atoms with Gasteiger partial charge < -0.3 is 10.1 Å². The van der Waals surface area contributed by atoms with Gasteiger partial charge >= 0.3 is 0 Å². The molecule has 0 fully saturated rings. The van der Waals surface area contributed by atoms with Gasteiger partial charge in [0.1, 0.15) is 5.75 Å². The number of methoxy groups -OCH3 is 1. The fourth-order valence-electron chi connectivity index (χ4n) is 2.76. The van der Waals surface area contributed by atoms with Gasteiger partial charge in [0.15, 0.2) is 5.16 Å². The molecule has 0 aliphatic carbocycles. The molecule has 3 aromatic rings. The highest BCUT2D eigenvalue weighted by Gasteiger charge is 2.16. The number of ether oxygens (including phenoxy) is 1. The van der Waals surface area contributed by atoms with Crippen molar-refractivity contribution in [1.29, 1.82) is 0 Å². The maximum atomic E-state index is 12.1. The average molecular weight is 416 g/mol. The second-order valence-corrected chi connectivity index (χ2v) is 7.86. The molecular formula is C21H22ClN3O2S. The average Bonchev–Trinajstić information content (AvgIpc) is 3.10. The molecule has 0 saturated heterocycles. The molecule has 0 bridgehead atoms. The maximum absolute atomic E-state index is 12.1. The summed E-state index contributed by atoms with van der Waals surface area (Å²) in [5.41, 5.74) is 2.80. The van der Waals surface area contributed by atoms with Gasteiger partial charge in [-0.15, -0.1) is 0 Å². The van der Waals surface area contributed by atoms with E-state index in [1.807, 2.05) is 73.1 Å². The van der Waals surface area contributed by atoms with Crippen molar-refractivity contribution in [1.82, 2.24) is 14.9 Å². The SMILES string of the molecule is COc1ccc(-c2cnc(SCC(=O)NC(C)C)n2-c2cccc(Cl)c2)cc1. The minimum Gasteiger partial charge on any atom is -0.497 e. The number of rotatable bonds is 7. The number of imidazole rings is 1. The first kappa shape index (κ1) is 20.3. The topological polar surface area (TPSA) is 56.1 Å². The Bertz CT molecular complexity index is 955. The third-order valence-corrected chi connectivity index (χ3v) is 5.15. The molecule has 0 unspecified atom stereocenters. The molecule has 1 heterocycles. The quantitative estimate of drug-likeness (QED) is 0.562. The number of hydrogen-bond donors (Lipinski definition) is 1. The Morgan fingerprint density at radius 3 is 2.64 bits per heavy atom. The fourth-order valence-corrected chi connectivity index (χ4v) is 3.75. The van der Waals surface area contributed by atoms with Crippen LogP contribution in [-0.4, -0.2) is 34.4 Å². The van der Waals surface area contributed by atoms with Crippen molar-refractivity contribution >= 4 is 29.3 Å². The van der Waals surface area contributed by atoms with Crippen LogP contribution in [-0.2, 0) is 4.79 Å². The van der Waals surface area contributed by atoms with E-state index >= 15 is 0 Å². The highest BCUT2D eigenvalue weighted by atomic mass is 35.5. The molecule has 7 heteroatoms. The third kappa shape index (κ3) is 4.88. The summed E-state index contributed by atoms with van der Waals surface area (Å²) in [6.45, 7) is 3.88. The number of nitrogens with one attached hydrogen (secondary N) is 1. The Balaban J connectivity index is 1.98. The van der Waals surface area contributed by atoms with Crippen LogP contribution in [0.25, 0.3) is 16.9 Å². The lowest BCUT2D eigenvalue weighted by atomic mass is 10.1. The van der Waals surface area contributed by atoms with Crippen LogP contribution in [0.2, 0.25) is 5.02 Å². The van der Waals surface area contributed by atoms with Crippen LogP contribution >= 0.6 is 23.4 Å². The summed E-state index contributed by atoms with van der Waals surface area (Å²) >= 11 is 7.61. The van der Waals surface area contributed by atoms with Crippen molar-refractivity contribution in [2.45, 2.75) is 25.0 Å². The van der Waals surface area contributed by atoms with Crippen molar-refractivity contribution in [2.75, 3.05) is 12.9 Å². The van der Waals surface area contributed by atoms with E-state index in [4.69, 9.17) is 16.3 Å². The summed E-state index contributed by atoms with van der Waals surface area (Å²) in [7, 11) is 1.64. The van der Waals surface area contributed by atoms with E-state index in [2.05, 4.69) is 10.3 Å². The molecule has 5 nitrogen and oxygen atoms in total. The molecule has 146 valence electrons. The molecule has 28 heavy (non-hydrogen) atoms. The number of carbonyl (C=O) groups excluding carboxylic acids is 1. The predicted molar refractivity (Wildman–Crippen MR) is 115 cm³/mol. The number of carbonyl (C=O) groups is 1. The highest BCUT2D eigenvalue weighted by Crippen LogP contribution is 2.31. The number of amides is 1. The van der Waals surface area contributed by atoms with Gasteiger partial charge in [0.2, 0.25) is 5.91 Å². The van der Waals surface area contributed by atoms with Crippen molar-refractivity contribution in [3.8, 4) is 22.7 Å². The summed E-state index contributed by atoms with van der Waals surface area (Å²) in [6, 6.07) is 15.5. The molecule has 1 N–H and O–H groups in total. The van der Waals surface area contributed by atoms with Crippen LogP contribution in [0.5, 0.6) is 5.75 Å². The Labute approximate surface area is 174 Å². The lowest BCUT2D eigenvalue weighted by Crippen LogP contribution is -2.31. The zero-order valence-electron chi connectivity index (χ0n) is 16.0. The van der Waals surface area contributed by atoms with Crippen LogP contribution in [0.3, 0.4) is 0 Å². The minimum absolute atomic E-state index is 0.0216. The molecular weight excluding hydrogens is 394 g/mol. The molecule has 1 aromatic heterocycles. The zero-order chi connectivity index (χ0) is 20.1. The lowest BCUT2D eigenvalue weighted by molar-refractivity contribution is -0.119. The molecule has 0 aliphatic heterocycles. The number of halogens is 1. The minimum atomic E-state index is -0.0216. The predicted octanol–water partition coefficient (Wildman–Crippen LogP) is 4.82. The highest BCUT2D eigenvalue weighted by molar-refractivity contribution is 7.99. The maximum Gasteiger partial charge on any atom is 0.230 e. The Morgan fingerprint density at radius 1 is 1.25 bits per heavy atom. The van der Waals surface area contributed by atoms with E-state index in [1.165, 1.54) is 11.8 Å². The van der Waals surface area contributed by atoms with Gasteiger partial charge in [0, 0.05) is 22.3 Å². The first-order valence-electron chi connectivity index (χ1n) is 8.88. The first-order valence-corrected chi connectivity index (χ1v) is 10.2. The van der Waals surface area contributed by atoms with Gasteiger partial charge in [-0.2, -0.15) is 0 Å². The van der Waals surface area contributed by atoms with Crippen LogP contribution in [0, 0.1) is 0 Å². The van der Waals surface area contributed by atoms with Crippen molar-refractivity contribution in [2.24, 2.45) is 0 Å². The van der Waals surface area contributed by atoms with E-state index in [0.29, 0.717) is 5.02 Å². The number of thioether (sulfide) groups is 1. The van der Waals surface area contributed by atoms with Gasteiger partial charge in [-0.05, 0) is 56.3 Å². The van der Waals surface area contributed by atoms with E-state index in [-0.39, 0.29) is 17.7 Å². The van der Waals surface area contributed by atoms with Gasteiger partial charge in [-0.25, -0.2) is 4.98 Å². The summed E-state index contributed by atoms with van der Waals surface area (Å²) in [4.78, 5) is 16.6. The number of benzene rings is 2. The normalized spacial score (nSPS) is 10.9. The molecule has 1 amide bonds. The molecule has 0 atom stereocenters. The van der Waals surface area contributed by atoms with Gasteiger partial charge in [-0.3, -0.25) is 9.36 Å². The van der Waals surface area contributed by atoms with Crippen molar-refractivity contribution < 1.29 is 9.53 Å². The second-order valence-electron chi connectivity index (χ2n) is 6.48. The van der Waals surface area contributed by atoms with Crippen LogP contribution in [0.15, 0.2) is 59.9 Å². The Kier molecular flexibility index (Phi) is 6.65. The Morgan fingerprint density at radius 2 is 2.00 bits per heavy atom. The molecule has 0 aliphatic rings. The molecule has 0 saturated carbocycles. The zero-order valence-corrected chi connectivity index (χ0v) is 17.6. The largest absolute Gasteiger partial charge is 0.497 e. The fraction of sp³-hybridized carbons (Fsp3) is 0.238. The van der Waals surface area contributed by atoms with Crippen LogP contribution in [0.1, 0.15) is 13.8 Å². The van der Waals surface area contributed by atoms with E-state index in [1.54, 1.807) is 7.11 Å². The number of nitrogens with zero attached hydrogens (tertiary/aromatic N) is 2. The molecule has 0 radical (unpaired) electrons. The molecule has 0 spiro atoms. The molecule has 3 rings (SSSR count). The van der Waals surface area contributed by atoms with Gasteiger partial charge in [-0.1, -0.05) is 29.4 Å². The standard InChI is InChI=1S/C21H22ClN3O2S/c1-14(2)24-20(26)13-28-21-23-12-19(15-7-9-18(27-3)10-8-15)25(21)17-6-4-5-16(22)11-17/h4-12,14H,13H2,1-3H3,(H,24,26). The van der Waals surface area contributed by atoms with Gasteiger partial charge in [0.05, 0.1) is 24.8 Å². The van der Waals surface area contributed by atoms with Crippen molar-refractivity contribution in [3.05, 3.63) is 59.8 Å². The first-order chi connectivity index (χ1) is 13.5.